The van der Waals surface area contributed by atoms with Gasteiger partial charge in [-0.2, -0.15) is 11.8 Å². The van der Waals surface area contributed by atoms with Crippen LogP contribution in [0, 0.1) is 12.3 Å². The molecule has 0 aromatic carbocycles. The number of amides is 1. The Morgan fingerprint density at radius 2 is 2.39 bits per heavy atom. The SMILES string of the molecule is C#CCC(N)C(=O)N1CCSCC1C(=O)OCC. The summed E-state index contributed by atoms with van der Waals surface area (Å²) >= 11 is 1.63. The average molecular weight is 270 g/mol. The Kier molecular flexibility index (Phi) is 6.02. The number of hydrogen-bond donors (Lipinski definition) is 1. The quantitative estimate of drug-likeness (QED) is 0.568. The molecule has 0 aromatic rings. The molecule has 2 N–H and O–H groups in total. The summed E-state index contributed by atoms with van der Waals surface area (Å²) < 4.78 is 4.97. The van der Waals surface area contributed by atoms with Crippen LogP contribution in [-0.2, 0) is 14.3 Å². The molecule has 0 saturated carbocycles. The third-order valence-electron chi connectivity index (χ3n) is 2.63. The topological polar surface area (TPSA) is 72.6 Å². The number of nitrogens with zero attached hydrogens (tertiary/aromatic N) is 1. The van der Waals surface area contributed by atoms with Crippen molar-refractivity contribution in [2.24, 2.45) is 5.73 Å². The van der Waals surface area contributed by atoms with E-state index in [1.54, 1.807) is 18.7 Å². The minimum Gasteiger partial charge on any atom is -0.464 e. The van der Waals surface area contributed by atoms with E-state index in [1.165, 1.54) is 4.90 Å². The molecule has 6 heteroatoms. The summed E-state index contributed by atoms with van der Waals surface area (Å²) in [6.07, 6.45) is 5.32. The van der Waals surface area contributed by atoms with Crippen LogP contribution in [-0.4, -0.2) is 53.5 Å². The Morgan fingerprint density at radius 3 is 3.00 bits per heavy atom. The summed E-state index contributed by atoms with van der Waals surface area (Å²) in [5.74, 6) is 3.07. The molecule has 2 unspecified atom stereocenters. The van der Waals surface area contributed by atoms with E-state index in [4.69, 9.17) is 16.9 Å². The van der Waals surface area contributed by atoms with Crippen LogP contribution in [0.4, 0.5) is 0 Å². The average Bonchev–Trinajstić information content (AvgIpc) is 2.38. The van der Waals surface area contributed by atoms with Crippen molar-refractivity contribution < 1.29 is 14.3 Å². The third kappa shape index (κ3) is 3.65. The summed E-state index contributed by atoms with van der Waals surface area (Å²) in [5.41, 5.74) is 5.70. The van der Waals surface area contributed by atoms with E-state index in [2.05, 4.69) is 5.92 Å². The highest BCUT2D eigenvalue weighted by atomic mass is 32.2. The van der Waals surface area contributed by atoms with Crippen LogP contribution >= 0.6 is 11.8 Å². The van der Waals surface area contributed by atoms with Crippen LogP contribution in [0.2, 0.25) is 0 Å². The van der Waals surface area contributed by atoms with Crippen LogP contribution in [0.3, 0.4) is 0 Å². The van der Waals surface area contributed by atoms with E-state index in [0.29, 0.717) is 18.9 Å². The zero-order valence-corrected chi connectivity index (χ0v) is 11.2. The minimum atomic E-state index is -0.741. The molecule has 0 spiro atoms. The zero-order chi connectivity index (χ0) is 13.5. The molecule has 1 amide bonds. The van der Waals surface area contributed by atoms with Crippen molar-refractivity contribution >= 4 is 23.6 Å². The number of esters is 1. The largest absolute Gasteiger partial charge is 0.464 e. The van der Waals surface area contributed by atoms with Gasteiger partial charge in [-0.3, -0.25) is 4.79 Å². The maximum absolute atomic E-state index is 12.1. The van der Waals surface area contributed by atoms with Gasteiger partial charge in [0.2, 0.25) is 5.91 Å². The molecule has 18 heavy (non-hydrogen) atoms. The number of terminal acetylenes is 1. The molecule has 1 rings (SSSR count). The molecule has 1 aliphatic rings. The highest BCUT2D eigenvalue weighted by Crippen LogP contribution is 2.18. The van der Waals surface area contributed by atoms with Crippen molar-refractivity contribution in [3.05, 3.63) is 0 Å². The van der Waals surface area contributed by atoms with Gasteiger partial charge in [0.05, 0.1) is 12.6 Å². The van der Waals surface area contributed by atoms with Crippen LogP contribution in [0.25, 0.3) is 0 Å². The Labute approximate surface area is 111 Å². The van der Waals surface area contributed by atoms with Crippen molar-refractivity contribution in [2.45, 2.75) is 25.4 Å². The first kappa shape index (κ1) is 14.9. The molecule has 5 nitrogen and oxygen atoms in total. The number of thioether (sulfide) groups is 1. The van der Waals surface area contributed by atoms with Crippen molar-refractivity contribution in [2.75, 3.05) is 24.7 Å². The lowest BCUT2D eigenvalue weighted by molar-refractivity contribution is -0.154. The maximum atomic E-state index is 12.1. The van der Waals surface area contributed by atoms with Crippen molar-refractivity contribution in [3.63, 3.8) is 0 Å². The van der Waals surface area contributed by atoms with E-state index in [0.717, 1.165) is 5.75 Å². The predicted octanol–water partition coefficient (Wildman–Crippen LogP) is -0.156. The fourth-order valence-electron chi connectivity index (χ4n) is 1.73. The first-order valence-corrected chi connectivity index (χ1v) is 7.01. The molecule has 1 heterocycles. The van der Waals surface area contributed by atoms with E-state index >= 15 is 0 Å². The van der Waals surface area contributed by atoms with Crippen molar-refractivity contribution in [1.82, 2.24) is 4.90 Å². The fraction of sp³-hybridized carbons (Fsp3) is 0.667. The predicted molar refractivity (Wildman–Crippen MR) is 70.9 cm³/mol. The third-order valence-corrected chi connectivity index (χ3v) is 3.65. The lowest BCUT2D eigenvalue weighted by atomic mass is 10.1. The molecular weight excluding hydrogens is 252 g/mol. The highest BCUT2D eigenvalue weighted by Gasteiger charge is 2.35. The Bertz CT molecular complexity index is 354. The molecule has 0 bridgehead atoms. The van der Waals surface area contributed by atoms with Gasteiger partial charge in [0.25, 0.3) is 0 Å². The molecule has 100 valence electrons. The summed E-state index contributed by atoms with van der Waals surface area (Å²) in [6, 6.07) is -1.28. The molecule has 0 radical (unpaired) electrons. The lowest BCUT2D eigenvalue weighted by Crippen LogP contribution is -2.55. The molecule has 1 fully saturated rings. The molecule has 0 aliphatic carbocycles. The number of rotatable bonds is 4. The lowest BCUT2D eigenvalue weighted by Gasteiger charge is -2.34. The van der Waals surface area contributed by atoms with Gasteiger partial charge in [0.1, 0.15) is 6.04 Å². The van der Waals surface area contributed by atoms with Gasteiger partial charge in [-0.1, -0.05) is 0 Å². The first-order chi connectivity index (χ1) is 8.61. The molecule has 2 atom stereocenters. The fourth-order valence-corrected chi connectivity index (χ4v) is 2.76. The van der Waals surface area contributed by atoms with Crippen LogP contribution in [0.15, 0.2) is 0 Å². The Hall–Kier alpha value is -1.19. The number of carbonyl (C=O) groups is 2. The number of nitrogens with two attached hydrogens (primary N) is 1. The normalized spacial score (nSPS) is 20.9. The second-order valence-electron chi connectivity index (χ2n) is 3.89. The van der Waals surface area contributed by atoms with Gasteiger partial charge in [-0.15, -0.1) is 12.3 Å². The molecule has 1 saturated heterocycles. The van der Waals surface area contributed by atoms with Crippen LogP contribution in [0.1, 0.15) is 13.3 Å². The summed E-state index contributed by atoms with van der Waals surface area (Å²) in [4.78, 5) is 25.4. The van der Waals surface area contributed by atoms with Gasteiger partial charge in [0, 0.05) is 24.5 Å². The van der Waals surface area contributed by atoms with Gasteiger partial charge in [0.15, 0.2) is 0 Å². The summed E-state index contributed by atoms with van der Waals surface area (Å²) in [6.45, 7) is 2.55. The molecule has 0 aromatic heterocycles. The second kappa shape index (κ2) is 7.29. The second-order valence-corrected chi connectivity index (χ2v) is 5.04. The monoisotopic (exact) mass is 270 g/mol. The van der Waals surface area contributed by atoms with Crippen molar-refractivity contribution in [3.8, 4) is 12.3 Å². The van der Waals surface area contributed by atoms with Crippen LogP contribution in [0.5, 0.6) is 0 Å². The zero-order valence-electron chi connectivity index (χ0n) is 10.4. The molecule has 1 aliphatic heterocycles. The van der Waals surface area contributed by atoms with E-state index < -0.39 is 12.1 Å². The first-order valence-electron chi connectivity index (χ1n) is 5.85. The Morgan fingerprint density at radius 1 is 1.67 bits per heavy atom. The van der Waals surface area contributed by atoms with Gasteiger partial charge >= 0.3 is 5.97 Å². The minimum absolute atomic E-state index is 0.179. The van der Waals surface area contributed by atoms with Gasteiger partial charge in [-0.25, -0.2) is 4.79 Å². The van der Waals surface area contributed by atoms with Gasteiger partial charge in [-0.05, 0) is 6.92 Å². The van der Waals surface area contributed by atoms with Crippen LogP contribution < -0.4 is 5.73 Å². The Balaban J connectivity index is 2.73. The number of ether oxygens (including phenoxy) is 1. The standard InChI is InChI=1S/C12H18N2O3S/c1-3-5-9(13)11(15)14-6-7-18-8-10(14)12(16)17-4-2/h1,9-10H,4-8,13H2,2H3. The smallest absolute Gasteiger partial charge is 0.329 e. The van der Waals surface area contributed by atoms with E-state index in [1.807, 2.05) is 0 Å². The maximum Gasteiger partial charge on any atom is 0.329 e. The van der Waals surface area contributed by atoms with E-state index in [9.17, 15) is 9.59 Å². The van der Waals surface area contributed by atoms with Gasteiger partial charge < -0.3 is 15.4 Å². The summed E-state index contributed by atoms with van der Waals surface area (Å²) in [7, 11) is 0. The van der Waals surface area contributed by atoms with E-state index in [-0.39, 0.29) is 18.3 Å². The number of carbonyl (C=O) groups excluding carboxylic acids is 2. The molecular formula is C12H18N2O3S. The van der Waals surface area contributed by atoms with Crippen molar-refractivity contribution in [1.29, 1.82) is 0 Å². The summed E-state index contributed by atoms with van der Waals surface area (Å²) in [5, 5.41) is 0. The highest BCUT2D eigenvalue weighted by molar-refractivity contribution is 7.99. The number of hydrogen-bond acceptors (Lipinski definition) is 5.